The van der Waals surface area contributed by atoms with Gasteiger partial charge in [-0.05, 0) is 110 Å². The maximum absolute atomic E-state index is 11.4. The topological polar surface area (TPSA) is 137 Å². The fraction of sp³-hybridized carbons (Fsp3) is 0.442. The van der Waals surface area contributed by atoms with E-state index in [1.807, 2.05) is 76.4 Å². The summed E-state index contributed by atoms with van der Waals surface area (Å²) in [4.78, 5) is 30.7. The van der Waals surface area contributed by atoms with Crippen molar-refractivity contribution in [3.8, 4) is 22.6 Å². The van der Waals surface area contributed by atoms with E-state index in [2.05, 4.69) is 36.7 Å². The Morgan fingerprint density at radius 3 is 1.58 bits per heavy atom. The summed E-state index contributed by atoms with van der Waals surface area (Å²) in [6.45, 7) is 14.3. The van der Waals surface area contributed by atoms with Crippen LogP contribution in [0.2, 0.25) is 0 Å². The maximum Gasteiger partial charge on any atom is 0.306 e. The van der Waals surface area contributed by atoms with Crippen LogP contribution in [0.4, 0.5) is 0 Å². The Morgan fingerprint density at radius 1 is 0.727 bits per heavy atom. The van der Waals surface area contributed by atoms with Crippen LogP contribution in [0.1, 0.15) is 95.9 Å². The Labute approximate surface area is 338 Å². The second kappa shape index (κ2) is 24.3. The normalized spacial score (nSPS) is 11.6. The van der Waals surface area contributed by atoms with Gasteiger partial charge in [0.05, 0.1) is 57.0 Å². The third-order valence-corrected chi connectivity index (χ3v) is 9.71. The minimum absolute atomic E-state index is 0. The van der Waals surface area contributed by atoms with Gasteiger partial charge in [0.1, 0.15) is 19.3 Å². The zero-order valence-electron chi connectivity index (χ0n) is 33.7. The van der Waals surface area contributed by atoms with E-state index in [0.29, 0.717) is 18.3 Å². The van der Waals surface area contributed by atoms with Gasteiger partial charge in [-0.15, -0.1) is 0 Å². The van der Waals surface area contributed by atoms with Crippen LogP contribution in [0, 0.1) is 13.8 Å². The number of carbonyl (C=O) groups is 2. The largest absolute Gasteiger partial charge is 0.496 e. The first-order valence-corrected chi connectivity index (χ1v) is 18.2. The van der Waals surface area contributed by atoms with E-state index < -0.39 is 11.2 Å². The first kappa shape index (κ1) is 50.7. The molecule has 2 heterocycles. The van der Waals surface area contributed by atoms with E-state index in [-0.39, 0.29) is 31.2 Å². The summed E-state index contributed by atoms with van der Waals surface area (Å²) in [5, 5.41) is 18.2. The molecule has 2 aromatic heterocycles. The summed E-state index contributed by atoms with van der Waals surface area (Å²) in [6, 6.07) is 15.8. The van der Waals surface area contributed by atoms with Crippen molar-refractivity contribution in [2.45, 2.75) is 98.7 Å². The molecule has 0 amide bonds. The number of rotatable bonds is 10. The highest BCUT2D eigenvalue weighted by molar-refractivity contribution is 9.10. The van der Waals surface area contributed by atoms with Gasteiger partial charge >= 0.3 is 11.9 Å². The van der Waals surface area contributed by atoms with Crippen LogP contribution in [-0.2, 0) is 19.1 Å². The van der Waals surface area contributed by atoms with Crippen LogP contribution in [0.5, 0.6) is 11.5 Å². The molecule has 12 heteroatoms. The number of pyridine rings is 2. The first-order chi connectivity index (χ1) is 25.2. The van der Waals surface area contributed by atoms with E-state index in [0.717, 1.165) is 43.8 Å². The molecule has 10 nitrogen and oxygen atoms in total. The highest BCUT2D eigenvalue weighted by Gasteiger charge is 2.32. The van der Waals surface area contributed by atoms with Crippen molar-refractivity contribution in [1.82, 2.24) is 9.97 Å². The van der Waals surface area contributed by atoms with Gasteiger partial charge in [-0.2, -0.15) is 0 Å². The van der Waals surface area contributed by atoms with E-state index >= 15 is 0 Å². The van der Waals surface area contributed by atoms with Crippen molar-refractivity contribution < 1.29 is 38.7 Å². The van der Waals surface area contributed by atoms with Gasteiger partial charge in [-0.3, -0.25) is 19.6 Å². The van der Waals surface area contributed by atoms with Crippen LogP contribution in [0.25, 0.3) is 11.1 Å². The molecule has 2 aromatic carbocycles. The van der Waals surface area contributed by atoms with Crippen molar-refractivity contribution in [3.63, 3.8) is 0 Å². The molecular weight excluding hydrogens is 763 g/mol. The highest BCUT2D eigenvalue weighted by atomic mass is 79.9. The second-order valence-corrected chi connectivity index (χ2v) is 14.6. The second-order valence-electron chi connectivity index (χ2n) is 13.8. The summed E-state index contributed by atoms with van der Waals surface area (Å²) >= 11 is 3.42. The number of methoxy groups -OCH3 is 4. The maximum atomic E-state index is 11.4. The van der Waals surface area contributed by atoms with Gasteiger partial charge < -0.3 is 29.2 Å². The number of aliphatic hydroxyl groups is 2. The quantitative estimate of drug-likeness (QED) is 0.119. The van der Waals surface area contributed by atoms with Gasteiger partial charge in [0, 0.05) is 35.9 Å². The predicted octanol–water partition coefficient (Wildman–Crippen LogP) is 8.20. The molecular formula is C43H60BBrN2O8. The SMILES string of the molecule is C.CC(C)(O)C(C)(C)O.COC(=O)C[C@H](C)c1cncc(-c2c(C)cccc2OC)c1.COc1cccc(C)c1Br.[B]c1cncc([C@@H](C)CC(=O)OC)c1. The molecule has 0 fully saturated rings. The number of carbonyl (C=O) groups excluding carboxylic acids is 2. The molecule has 4 rings (SSSR count). The van der Waals surface area contributed by atoms with Gasteiger partial charge in [-0.25, -0.2) is 0 Å². The summed E-state index contributed by atoms with van der Waals surface area (Å²) in [5.41, 5.74) is 4.90. The molecule has 2 N–H and O–H groups in total. The molecule has 0 spiro atoms. The summed E-state index contributed by atoms with van der Waals surface area (Å²) in [6.07, 6.45) is 7.59. The molecule has 0 aliphatic rings. The lowest BCUT2D eigenvalue weighted by molar-refractivity contribution is -0.141. The monoisotopic (exact) mass is 822 g/mol. The Kier molecular flexibility index (Phi) is 22.4. The number of hydrogen-bond donors (Lipinski definition) is 2. The Hall–Kier alpha value is -4.26. The molecule has 0 saturated carbocycles. The first-order valence-electron chi connectivity index (χ1n) is 17.4. The van der Waals surface area contributed by atoms with Crippen LogP contribution in [0.3, 0.4) is 0 Å². The van der Waals surface area contributed by atoms with Crippen molar-refractivity contribution in [1.29, 1.82) is 0 Å². The summed E-state index contributed by atoms with van der Waals surface area (Å²) in [7, 11) is 11.7. The van der Waals surface area contributed by atoms with E-state index in [4.69, 9.17) is 32.3 Å². The minimum Gasteiger partial charge on any atom is -0.496 e. The fourth-order valence-corrected chi connectivity index (χ4v) is 4.90. The van der Waals surface area contributed by atoms with Crippen LogP contribution >= 0.6 is 15.9 Å². The number of nitrogens with zero attached hydrogens (tertiary/aromatic N) is 2. The van der Waals surface area contributed by atoms with Gasteiger partial charge in [0.2, 0.25) is 0 Å². The smallest absolute Gasteiger partial charge is 0.306 e. The summed E-state index contributed by atoms with van der Waals surface area (Å²) < 4.78 is 20.9. The molecule has 55 heavy (non-hydrogen) atoms. The number of halogens is 1. The number of esters is 2. The van der Waals surface area contributed by atoms with Crippen molar-refractivity contribution >= 4 is 41.2 Å². The van der Waals surface area contributed by atoms with E-state index in [1.165, 1.54) is 19.8 Å². The van der Waals surface area contributed by atoms with Gasteiger partial charge in [0.25, 0.3) is 0 Å². The lowest BCUT2D eigenvalue weighted by atomic mass is 9.90. The Morgan fingerprint density at radius 2 is 1.16 bits per heavy atom. The number of aryl methyl sites for hydroxylation is 2. The molecule has 0 aliphatic carbocycles. The van der Waals surface area contributed by atoms with Crippen molar-refractivity contribution in [2.75, 3.05) is 28.4 Å². The van der Waals surface area contributed by atoms with Gasteiger partial charge in [0.15, 0.2) is 0 Å². The molecule has 300 valence electrons. The van der Waals surface area contributed by atoms with Crippen LogP contribution in [0.15, 0.2) is 77.8 Å². The minimum atomic E-state index is -1.01. The van der Waals surface area contributed by atoms with Crippen molar-refractivity contribution in [2.24, 2.45) is 0 Å². The standard InChI is InChI=1S/C18H21NO3.C10H12BNO2.C8H9BrO.C6H14O2.CH4/c1-12-6-5-7-16(21-3)18(12)15-9-14(10-19-11-15)13(2)8-17(20)22-4;1-7(3-10(13)14-2)8-4-9(11)6-12-5-8;1-6-4-3-5-7(10-2)8(6)9;1-5(2,7)6(3,4)8;/h5-7,9-11,13H,8H2,1-4H3;4-7H,3H2,1-2H3;3-5H,1-2H3;7-8H,1-4H3;1H4/t13-;7-;;;/m00.../s1. The lowest BCUT2D eigenvalue weighted by Crippen LogP contribution is -2.44. The molecule has 0 bridgehead atoms. The van der Waals surface area contributed by atoms with Crippen LogP contribution in [-0.4, -0.2) is 79.6 Å². The highest BCUT2D eigenvalue weighted by Crippen LogP contribution is 2.34. The fourth-order valence-electron chi connectivity index (χ4n) is 4.47. The van der Waals surface area contributed by atoms with E-state index in [9.17, 15) is 9.59 Å². The van der Waals surface area contributed by atoms with Crippen LogP contribution < -0.4 is 14.9 Å². The molecule has 0 saturated heterocycles. The van der Waals surface area contributed by atoms with E-state index in [1.54, 1.807) is 60.5 Å². The average Bonchev–Trinajstić information content (AvgIpc) is 3.12. The zero-order chi connectivity index (χ0) is 41.2. The molecule has 0 unspecified atom stereocenters. The third-order valence-electron chi connectivity index (χ3n) is 8.70. The molecule has 2 radical (unpaired) electrons. The number of ether oxygens (including phenoxy) is 4. The lowest BCUT2D eigenvalue weighted by Gasteiger charge is -2.31. The number of aromatic nitrogens is 2. The molecule has 2 atom stereocenters. The average molecular weight is 824 g/mol. The molecule has 0 aliphatic heterocycles. The Balaban J connectivity index is 0.000000761. The van der Waals surface area contributed by atoms with Crippen molar-refractivity contribution in [3.05, 3.63) is 100 Å². The zero-order valence-corrected chi connectivity index (χ0v) is 35.3. The number of benzene rings is 2. The predicted molar refractivity (Wildman–Crippen MR) is 225 cm³/mol. The van der Waals surface area contributed by atoms with Gasteiger partial charge in [-0.1, -0.05) is 57.1 Å². The molecule has 4 aromatic rings. The third kappa shape index (κ3) is 17.4. The summed E-state index contributed by atoms with van der Waals surface area (Å²) in [5.74, 6) is 1.40. The number of hydrogen-bond acceptors (Lipinski definition) is 10. The Bertz CT molecular complexity index is 1760.